The molecule has 0 saturated carbocycles. The molecule has 2 aromatic rings. The van der Waals surface area contributed by atoms with E-state index in [0.717, 1.165) is 22.6 Å². The van der Waals surface area contributed by atoms with Gasteiger partial charge in [0, 0.05) is 10.6 Å². The first-order chi connectivity index (χ1) is 13.4. The number of nitrogens with one attached hydrogen (secondary N) is 1. The highest BCUT2D eigenvalue weighted by Crippen LogP contribution is 2.28. The Bertz CT molecular complexity index is 837. The van der Waals surface area contributed by atoms with Crippen molar-refractivity contribution < 1.29 is 19.1 Å². The maximum absolute atomic E-state index is 12.6. The smallest absolute Gasteiger partial charge is 0.342 e. The minimum atomic E-state index is -0.942. The summed E-state index contributed by atoms with van der Waals surface area (Å²) in [7, 11) is 1.50. The number of thioether (sulfide) groups is 1. The molecule has 0 aliphatic carbocycles. The number of ether oxygens (including phenoxy) is 2. The summed E-state index contributed by atoms with van der Waals surface area (Å²) in [6.45, 7) is 5.77. The fourth-order valence-corrected chi connectivity index (χ4v) is 3.17. The van der Waals surface area contributed by atoms with Gasteiger partial charge in [0.15, 0.2) is 6.10 Å². The van der Waals surface area contributed by atoms with E-state index in [1.165, 1.54) is 7.11 Å². The number of carbonyl (C=O) groups excluding carboxylic acids is 2. The largest absolute Gasteiger partial charge is 0.496 e. The standard InChI is InChI=1S/C22H27NO4S/c1-6-14(2)17-9-7-8-10-19(17)23-21(24)15(3)27-22(25)18-12-11-16(28-5)13-20(18)26-4/h7-15H,6H2,1-5H3,(H,23,24)/t14-,15-/m1/s1. The number of anilines is 1. The van der Waals surface area contributed by atoms with Gasteiger partial charge in [-0.25, -0.2) is 4.79 Å². The number of esters is 1. The average Bonchev–Trinajstić information content (AvgIpc) is 2.72. The molecule has 1 amide bonds. The second-order valence-electron chi connectivity index (χ2n) is 6.50. The summed E-state index contributed by atoms with van der Waals surface area (Å²) < 4.78 is 10.7. The molecular formula is C22H27NO4S. The Balaban J connectivity index is 2.10. The number of carbonyl (C=O) groups is 2. The highest BCUT2D eigenvalue weighted by Gasteiger charge is 2.22. The molecule has 0 radical (unpaired) electrons. The van der Waals surface area contributed by atoms with Crippen molar-refractivity contribution in [2.45, 2.75) is 44.1 Å². The van der Waals surface area contributed by atoms with E-state index in [1.807, 2.05) is 36.6 Å². The zero-order valence-electron chi connectivity index (χ0n) is 16.9. The van der Waals surface area contributed by atoms with Crippen LogP contribution in [0, 0.1) is 0 Å². The molecular weight excluding hydrogens is 374 g/mol. The molecule has 2 aromatic carbocycles. The topological polar surface area (TPSA) is 64.6 Å². The number of amides is 1. The fourth-order valence-electron chi connectivity index (χ4n) is 2.74. The molecule has 28 heavy (non-hydrogen) atoms. The van der Waals surface area contributed by atoms with Crippen molar-refractivity contribution in [2.75, 3.05) is 18.7 Å². The van der Waals surface area contributed by atoms with Crippen LogP contribution in [0.25, 0.3) is 0 Å². The molecule has 0 heterocycles. The lowest BCUT2D eigenvalue weighted by Crippen LogP contribution is -2.30. The maximum atomic E-state index is 12.6. The number of hydrogen-bond donors (Lipinski definition) is 1. The van der Waals surface area contributed by atoms with Crippen molar-refractivity contribution in [1.82, 2.24) is 0 Å². The van der Waals surface area contributed by atoms with Gasteiger partial charge in [-0.05, 0) is 55.3 Å². The van der Waals surface area contributed by atoms with Gasteiger partial charge in [-0.2, -0.15) is 0 Å². The summed E-state index contributed by atoms with van der Waals surface area (Å²) in [4.78, 5) is 26.1. The van der Waals surface area contributed by atoms with Gasteiger partial charge in [0.1, 0.15) is 11.3 Å². The number of benzene rings is 2. The predicted octanol–water partition coefficient (Wildman–Crippen LogP) is 5.11. The highest BCUT2D eigenvalue weighted by molar-refractivity contribution is 7.98. The number of rotatable bonds is 8. The molecule has 0 aliphatic rings. The Morgan fingerprint density at radius 1 is 1.14 bits per heavy atom. The number of hydrogen-bond acceptors (Lipinski definition) is 5. The van der Waals surface area contributed by atoms with Gasteiger partial charge in [-0.3, -0.25) is 4.79 Å². The Hall–Kier alpha value is -2.47. The lowest BCUT2D eigenvalue weighted by molar-refractivity contribution is -0.123. The van der Waals surface area contributed by atoms with Crippen LogP contribution in [-0.4, -0.2) is 31.3 Å². The van der Waals surface area contributed by atoms with Crippen LogP contribution in [-0.2, 0) is 9.53 Å². The minimum Gasteiger partial charge on any atom is -0.496 e. The highest BCUT2D eigenvalue weighted by atomic mass is 32.2. The summed E-state index contributed by atoms with van der Waals surface area (Å²) in [5.41, 5.74) is 2.10. The summed E-state index contributed by atoms with van der Waals surface area (Å²) in [6.07, 6.45) is 1.96. The molecule has 0 aliphatic heterocycles. The Kier molecular flexibility index (Phi) is 7.93. The van der Waals surface area contributed by atoms with Crippen LogP contribution in [0.5, 0.6) is 5.75 Å². The lowest BCUT2D eigenvalue weighted by Gasteiger charge is -2.18. The van der Waals surface area contributed by atoms with Crippen LogP contribution in [0.1, 0.15) is 49.0 Å². The van der Waals surface area contributed by atoms with E-state index in [0.29, 0.717) is 17.2 Å². The van der Waals surface area contributed by atoms with E-state index in [9.17, 15) is 9.59 Å². The fraction of sp³-hybridized carbons (Fsp3) is 0.364. The molecule has 1 N–H and O–H groups in total. The van der Waals surface area contributed by atoms with Gasteiger partial charge in [-0.15, -0.1) is 11.8 Å². The average molecular weight is 402 g/mol. The van der Waals surface area contributed by atoms with Crippen molar-refractivity contribution in [1.29, 1.82) is 0 Å². The second kappa shape index (κ2) is 10.2. The van der Waals surface area contributed by atoms with Crippen molar-refractivity contribution in [2.24, 2.45) is 0 Å². The molecule has 0 spiro atoms. The van der Waals surface area contributed by atoms with Crippen LogP contribution in [0.4, 0.5) is 5.69 Å². The van der Waals surface area contributed by atoms with Gasteiger partial charge in [0.05, 0.1) is 7.11 Å². The first-order valence-electron chi connectivity index (χ1n) is 9.24. The first kappa shape index (κ1) is 21.8. The Labute approximate surface area is 170 Å². The van der Waals surface area contributed by atoms with E-state index in [1.54, 1.807) is 30.8 Å². The van der Waals surface area contributed by atoms with Crippen molar-refractivity contribution in [3.8, 4) is 5.75 Å². The maximum Gasteiger partial charge on any atom is 0.342 e. The zero-order valence-corrected chi connectivity index (χ0v) is 17.8. The van der Waals surface area contributed by atoms with E-state index in [2.05, 4.69) is 19.2 Å². The monoisotopic (exact) mass is 401 g/mol. The molecule has 5 nitrogen and oxygen atoms in total. The molecule has 0 unspecified atom stereocenters. The predicted molar refractivity (Wildman–Crippen MR) is 113 cm³/mol. The van der Waals surface area contributed by atoms with Crippen molar-refractivity contribution in [3.63, 3.8) is 0 Å². The molecule has 150 valence electrons. The Morgan fingerprint density at radius 3 is 2.50 bits per heavy atom. The lowest BCUT2D eigenvalue weighted by atomic mass is 9.97. The van der Waals surface area contributed by atoms with Gasteiger partial charge in [0.25, 0.3) is 5.91 Å². The van der Waals surface area contributed by atoms with Crippen LogP contribution in [0.3, 0.4) is 0 Å². The molecule has 2 rings (SSSR count). The number of para-hydroxylation sites is 1. The normalized spacial score (nSPS) is 12.8. The molecule has 0 aromatic heterocycles. The van der Waals surface area contributed by atoms with Crippen LogP contribution >= 0.6 is 11.8 Å². The molecule has 0 saturated heterocycles. The Morgan fingerprint density at radius 2 is 1.86 bits per heavy atom. The van der Waals surface area contributed by atoms with Gasteiger partial charge < -0.3 is 14.8 Å². The molecule has 6 heteroatoms. The third kappa shape index (κ3) is 5.29. The second-order valence-corrected chi connectivity index (χ2v) is 7.38. The molecule has 0 fully saturated rings. The van der Waals surface area contributed by atoms with Crippen molar-refractivity contribution >= 4 is 29.3 Å². The quantitative estimate of drug-likeness (QED) is 0.492. The summed E-state index contributed by atoms with van der Waals surface area (Å²) in [6, 6.07) is 12.9. The summed E-state index contributed by atoms with van der Waals surface area (Å²) in [5.74, 6) is -0.230. The van der Waals surface area contributed by atoms with Crippen LogP contribution < -0.4 is 10.1 Å². The van der Waals surface area contributed by atoms with Crippen LogP contribution in [0.2, 0.25) is 0 Å². The van der Waals surface area contributed by atoms with E-state index < -0.39 is 12.1 Å². The number of methoxy groups -OCH3 is 1. The SMILES string of the molecule is CC[C@@H](C)c1ccccc1NC(=O)[C@@H](C)OC(=O)c1ccc(SC)cc1OC. The summed E-state index contributed by atoms with van der Waals surface area (Å²) in [5, 5.41) is 2.88. The summed E-state index contributed by atoms with van der Waals surface area (Å²) >= 11 is 1.55. The van der Waals surface area contributed by atoms with E-state index >= 15 is 0 Å². The third-order valence-electron chi connectivity index (χ3n) is 4.64. The minimum absolute atomic E-state index is 0.292. The van der Waals surface area contributed by atoms with Crippen molar-refractivity contribution in [3.05, 3.63) is 53.6 Å². The van der Waals surface area contributed by atoms with Gasteiger partial charge in [0.2, 0.25) is 0 Å². The van der Waals surface area contributed by atoms with Gasteiger partial charge in [-0.1, -0.05) is 32.0 Å². The third-order valence-corrected chi connectivity index (χ3v) is 5.37. The van der Waals surface area contributed by atoms with Gasteiger partial charge >= 0.3 is 5.97 Å². The molecule has 2 atom stereocenters. The zero-order chi connectivity index (χ0) is 20.7. The van der Waals surface area contributed by atoms with E-state index in [-0.39, 0.29) is 5.91 Å². The molecule has 0 bridgehead atoms. The van der Waals surface area contributed by atoms with E-state index in [4.69, 9.17) is 9.47 Å². The first-order valence-corrected chi connectivity index (χ1v) is 10.5. The van der Waals surface area contributed by atoms with Crippen LogP contribution in [0.15, 0.2) is 47.4 Å².